The summed E-state index contributed by atoms with van der Waals surface area (Å²) in [4.78, 5) is 19.9. The topological polar surface area (TPSA) is 49.4 Å². The smallest absolute Gasteiger partial charge is 0.0726 e. The van der Waals surface area contributed by atoms with E-state index in [2.05, 4.69) is 57.2 Å². The lowest BCUT2D eigenvalue weighted by Gasteiger charge is -2.13. The molecular formula is C31H34N4. The van der Waals surface area contributed by atoms with E-state index in [1.54, 1.807) is 0 Å². The second-order valence-electron chi connectivity index (χ2n) is 9.52. The number of hydrogen-bond acceptors (Lipinski definition) is 4. The molecule has 8 bridgehead atoms. The Bertz CT molecular complexity index is 1290. The van der Waals surface area contributed by atoms with Gasteiger partial charge in [0.25, 0.3) is 0 Å². The van der Waals surface area contributed by atoms with Gasteiger partial charge in [-0.1, -0.05) is 46.5 Å². The summed E-state index contributed by atoms with van der Waals surface area (Å²) in [7, 11) is 0. The number of rotatable bonds is 8. The molecule has 0 atom stereocenters. The first-order chi connectivity index (χ1) is 17.2. The Kier molecular flexibility index (Phi) is 6.98. The zero-order chi connectivity index (χ0) is 24.2. The van der Waals surface area contributed by atoms with Crippen molar-refractivity contribution in [3.63, 3.8) is 0 Å². The molecule has 0 saturated carbocycles. The quantitative estimate of drug-likeness (QED) is 0.330. The summed E-state index contributed by atoms with van der Waals surface area (Å²) in [5.74, 6) is 0. The van der Waals surface area contributed by atoms with Gasteiger partial charge in [-0.05, 0) is 91.5 Å². The molecule has 0 aromatic heterocycles. The van der Waals surface area contributed by atoms with Crippen LogP contribution in [0.1, 0.15) is 72.1 Å². The largest absolute Gasteiger partial charge is 0.249 e. The van der Waals surface area contributed by atoms with Gasteiger partial charge in [0.05, 0.1) is 45.6 Å². The van der Waals surface area contributed by atoms with E-state index < -0.39 is 0 Å². The fourth-order valence-corrected chi connectivity index (χ4v) is 5.07. The van der Waals surface area contributed by atoms with Crippen LogP contribution in [0.15, 0.2) is 114 Å². The molecule has 5 aliphatic heterocycles. The summed E-state index contributed by atoms with van der Waals surface area (Å²) in [6, 6.07) is 0. The second kappa shape index (κ2) is 10.5. The van der Waals surface area contributed by atoms with Crippen molar-refractivity contribution in [2.45, 2.75) is 72.1 Å². The highest BCUT2D eigenvalue weighted by molar-refractivity contribution is 6.18. The molecule has 35 heavy (non-hydrogen) atoms. The third kappa shape index (κ3) is 5.02. The Balaban J connectivity index is 1.71. The average Bonchev–Trinajstić information content (AvgIpc) is 3.64. The van der Waals surface area contributed by atoms with Crippen LogP contribution in [0.2, 0.25) is 0 Å². The predicted molar refractivity (Wildman–Crippen MR) is 149 cm³/mol. The molecular weight excluding hydrogens is 428 g/mol. The van der Waals surface area contributed by atoms with Gasteiger partial charge < -0.3 is 0 Å². The first kappa shape index (κ1) is 23.3. The van der Waals surface area contributed by atoms with E-state index in [4.69, 9.17) is 20.0 Å². The number of aliphatic imine (C=N–C) groups is 4. The average molecular weight is 463 g/mol. The summed E-state index contributed by atoms with van der Waals surface area (Å²) < 4.78 is 0. The maximum atomic E-state index is 5.31. The zero-order valence-corrected chi connectivity index (χ0v) is 21.1. The molecule has 0 radical (unpaired) electrons. The summed E-state index contributed by atoms with van der Waals surface area (Å²) in [5.41, 5.74) is 12.0. The number of allylic oxidation sites excluding steroid dienone is 12. The summed E-state index contributed by atoms with van der Waals surface area (Å²) >= 11 is 0. The number of fused-ring (bicyclic) bond motifs is 4. The van der Waals surface area contributed by atoms with Crippen LogP contribution in [0, 0.1) is 0 Å². The fraction of sp³-hybridized carbons (Fsp3) is 0.355. The van der Waals surface area contributed by atoms with Crippen molar-refractivity contribution in [3.8, 4) is 0 Å². The van der Waals surface area contributed by atoms with Gasteiger partial charge in [-0.15, -0.1) is 0 Å². The third-order valence-corrected chi connectivity index (χ3v) is 6.72. The molecule has 5 heterocycles. The van der Waals surface area contributed by atoms with Gasteiger partial charge in [-0.25, -0.2) is 20.0 Å². The lowest BCUT2D eigenvalue weighted by atomic mass is 9.91. The van der Waals surface area contributed by atoms with Gasteiger partial charge in [0.2, 0.25) is 0 Å². The van der Waals surface area contributed by atoms with Crippen LogP contribution in [-0.2, 0) is 0 Å². The van der Waals surface area contributed by atoms with Crippen LogP contribution >= 0.6 is 0 Å². The van der Waals surface area contributed by atoms with E-state index in [0.717, 1.165) is 77.7 Å². The molecule has 5 aliphatic rings. The Morgan fingerprint density at radius 2 is 1.11 bits per heavy atom. The van der Waals surface area contributed by atoms with E-state index in [-0.39, 0.29) is 0 Å². The van der Waals surface area contributed by atoms with Gasteiger partial charge in [-0.3, -0.25) is 0 Å². The lowest BCUT2D eigenvalue weighted by Crippen LogP contribution is -2.03. The Labute approximate surface area is 209 Å². The van der Waals surface area contributed by atoms with E-state index in [1.807, 2.05) is 18.2 Å². The van der Waals surface area contributed by atoms with E-state index in [1.165, 1.54) is 36.0 Å². The van der Waals surface area contributed by atoms with E-state index in [9.17, 15) is 0 Å². The van der Waals surface area contributed by atoms with Crippen LogP contribution in [0.4, 0.5) is 0 Å². The summed E-state index contributed by atoms with van der Waals surface area (Å²) in [6.07, 6.45) is 27.6. The number of unbranched alkanes of at least 4 members (excludes halogenated alkanes) is 2. The SMILES string of the molecule is CCCCCC1=C(CCC)C2=C(CCC)C3=NC(=CC4=NC(=CC5=NC(=CC1=N2)C=C5)C=C4)C=C3. The standard InChI is InChI=1S/C31H34N4/c1-4-7-8-11-26-27(9-5-2)31-28(10-6-3)29-17-16-24(34-29)19-23-13-12-21(32-23)18-22-14-15-25(33-22)20-30(26)35-31/h12-20H,4-11H2,1-3H3. The van der Waals surface area contributed by atoms with Gasteiger partial charge in [0.15, 0.2) is 0 Å². The number of hydrogen-bond donors (Lipinski definition) is 0. The van der Waals surface area contributed by atoms with Crippen molar-refractivity contribution in [2.75, 3.05) is 0 Å². The minimum absolute atomic E-state index is 0.914. The second-order valence-corrected chi connectivity index (χ2v) is 9.52. The minimum atomic E-state index is 0.914. The van der Waals surface area contributed by atoms with Crippen LogP contribution in [-0.4, -0.2) is 22.8 Å². The van der Waals surface area contributed by atoms with Crippen LogP contribution in [0.3, 0.4) is 0 Å². The van der Waals surface area contributed by atoms with Crippen LogP contribution in [0.25, 0.3) is 0 Å². The van der Waals surface area contributed by atoms with Crippen LogP contribution < -0.4 is 0 Å². The molecule has 0 fully saturated rings. The molecule has 0 amide bonds. The Morgan fingerprint density at radius 3 is 1.80 bits per heavy atom. The molecule has 5 rings (SSSR count). The molecule has 0 saturated heterocycles. The summed E-state index contributed by atoms with van der Waals surface area (Å²) in [5, 5.41) is 0. The van der Waals surface area contributed by atoms with Gasteiger partial charge in [0.1, 0.15) is 0 Å². The third-order valence-electron chi connectivity index (χ3n) is 6.72. The maximum Gasteiger partial charge on any atom is 0.0726 e. The Morgan fingerprint density at radius 1 is 0.486 bits per heavy atom. The van der Waals surface area contributed by atoms with Crippen molar-refractivity contribution in [2.24, 2.45) is 20.0 Å². The molecule has 0 spiro atoms. The van der Waals surface area contributed by atoms with Gasteiger partial charge in [-0.2, -0.15) is 0 Å². The van der Waals surface area contributed by atoms with Gasteiger partial charge in [0, 0.05) is 5.57 Å². The van der Waals surface area contributed by atoms with Crippen molar-refractivity contribution in [1.29, 1.82) is 0 Å². The molecule has 0 aliphatic carbocycles. The number of nitrogens with zero attached hydrogens (tertiary/aromatic N) is 4. The minimum Gasteiger partial charge on any atom is -0.249 e. The van der Waals surface area contributed by atoms with Crippen molar-refractivity contribution in [3.05, 3.63) is 94.2 Å². The fourth-order valence-electron chi connectivity index (χ4n) is 5.07. The van der Waals surface area contributed by atoms with Crippen molar-refractivity contribution < 1.29 is 0 Å². The molecule has 4 nitrogen and oxygen atoms in total. The Hall–Kier alpha value is -3.40. The highest BCUT2D eigenvalue weighted by Crippen LogP contribution is 2.37. The monoisotopic (exact) mass is 462 g/mol. The van der Waals surface area contributed by atoms with Crippen LogP contribution in [0.5, 0.6) is 0 Å². The van der Waals surface area contributed by atoms with Gasteiger partial charge >= 0.3 is 0 Å². The molecule has 0 aromatic rings. The predicted octanol–water partition coefficient (Wildman–Crippen LogP) is 7.87. The van der Waals surface area contributed by atoms with Crippen molar-refractivity contribution in [1.82, 2.24) is 0 Å². The molecule has 0 unspecified atom stereocenters. The van der Waals surface area contributed by atoms with E-state index >= 15 is 0 Å². The zero-order valence-electron chi connectivity index (χ0n) is 21.1. The first-order valence-corrected chi connectivity index (χ1v) is 13.2. The van der Waals surface area contributed by atoms with E-state index in [0.29, 0.717) is 0 Å². The molecule has 178 valence electrons. The highest BCUT2D eigenvalue weighted by Gasteiger charge is 2.27. The maximum absolute atomic E-state index is 5.31. The molecule has 0 N–H and O–H groups in total. The molecule has 0 aromatic carbocycles. The highest BCUT2D eigenvalue weighted by atomic mass is 14.9. The van der Waals surface area contributed by atoms with Crippen molar-refractivity contribution >= 4 is 22.8 Å². The lowest BCUT2D eigenvalue weighted by molar-refractivity contribution is 0.718. The molecule has 4 heteroatoms. The first-order valence-electron chi connectivity index (χ1n) is 13.2. The summed E-state index contributed by atoms with van der Waals surface area (Å²) in [6.45, 7) is 6.77. The normalized spacial score (nSPS) is 20.3.